The van der Waals surface area contributed by atoms with Crippen LogP contribution in [0.15, 0.2) is 64.5 Å². The van der Waals surface area contributed by atoms with Crippen LogP contribution in [0, 0.1) is 0 Å². The summed E-state index contributed by atoms with van der Waals surface area (Å²) in [5, 5.41) is 3.37. The van der Waals surface area contributed by atoms with Crippen molar-refractivity contribution >= 4 is 33.0 Å². The van der Waals surface area contributed by atoms with Crippen molar-refractivity contribution in [3.05, 3.63) is 69.5 Å². The van der Waals surface area contributed by atoms with Crippen LogP contribution < -0.4 is 4.90 Å². The van der Waals surface area contributed by atoms with Crippen molar-refractivity contribution < 1.29 is 0 Å². The second kappa shape index (κ2) is 7.68. The van der Waals surface area contributed by atoms with Gasteiger partial charge >= 0.3 is 0 Å². The predicted molar refractivity (Wildman–Crippen MR) is 109 cm³/mol. The molecule has 2 aromatic carbocycles. The second-order valence-corrected chi connectivity index (χ2v) is 8.09. The Hall–Kier alpha value is -1.69. The lowest BCUT2D eigenvalue weighted by Crippen LogP contribution is -2.45. The van der Waals surface area contributed by atoms with E-state index in [9.17, 15) is 0 Å². The molecule has 0 saturated carbocycles. The molecule has 0 aliphatic carbocycles. The van der Waals surface area contributed by atoms with Gasteiger partial charge in [-0.3, -0.25) is 4.90 Å². The van der Waals surface area contributed by atoms with Gasteiger partial charge in [0, 0.05) is 47.3 Å². The molecule has 0 radical (unpaired) electrons. The summed E-state index contributed by atoms with van der Waals surface area (Å²) in [7, 11) is 0. The molecule has 2 heterocycles. The van der Waals surface area contributed by atoms with Gasteiger partial charge in [0.1, 0.15) is 5.01 Å². The molecule has 1 aliphatic heterocycles. The van der Waals surface area contributed by atoms with Crippen molar-refractivity contribution in [3.63, 3.8) is 0 Å². The quantitative estimate of drug-likeness (QED) is 0.606. The summed E-state index contributed by atoms with van der Waals surface area (Å²) in [5.41, 5.74) is 3.59. The Kier molecular flexibility index (Phi) is 5.15. The van der Waals surface area contributed by atoms with Crippen LogP contribution >= 0.6 is 27.3 Å². The summed E-state index contributed by atoms with van der Waals surface area (Å²) in [6.45, 7) is 5.23. The molecule has 1 fully saturated rings. The van der Waals surface area contributed by atoms with Crippen LogP contribution in [0.5, 0.6) is 0 Å². The highest BCUT2D eigenvalue weighted by atomic mass is 79.9. The maximum Gasteiger partial charge on any atom is 0.107 e. The molecule has 0 spiro atoms. The van der Waals surface area contributed by atoms with Gasteiger partial charge in [-0.15, -0.1) is 11.3 Å². The van der Waals surface area contributed by atoms with Gasteiger partial charge < -0.3 is 4.90 Å². The molecule has 1 saturated heterocycles. The van der Waals surface area contributed by atoms with E-state index in [2.05, 4.69) is 79.6 Å². The average Bonchev–Trinajstić information content (AvgIpc) is 3.12. The molecule has 1 aliphatic rings. The zero-order chi connectivity index (χ0) is 17.1. The number of hydrogen-bond donors (Lipinski definition) is 0. The summed E-state index contributed by atoms with van der Waals surface area (Å²) < 4.78 is 1.14. The van der Waals surface area contributed by atoms with Crippen molar-refractivity contribution in [2.45, 2.75) is 6.54 Å². The molecule has 3 nitrogen and oxygen atoms in total. The van der Waals surface area contributed by atoms with Gasteiger partial charge in [0.2, 0.25) is 0 Å². The molecule has 0 N–H and O–H groups in total. The largest absolute Gasteiger partial charge is 0.369 e. The zero-order valence-corrected chi connectivity index (χ0v) is 16.3. The molecule has 3 aromatic rings. The third kappa shape index (κ3) is 4.11. The van der Waals surface area contributed by atoms with Gasteiger partial charge in [0.05, 0.1) is 12.2 Å². The van der Waals surface area contributed by atoms with Gasteiger partial charge in [-0.1, -0.05) is 52.3 Å². The number of rotatable bonds is 4. The van der Waals surface area contributed by atoms with Crippen LogP contribution in [0.4, 0.5) is 5.69 Å². The third-order valence-corrected chi connectivity index (χ3v) is 5.85. The van der Waals surface area contributed by atoms with Crippen molar-refractivity contribution in [3.8, 4) is 11.3 Å². The number of anilines is 1. The van der Waals surface area contributed by atoms with E-state index in [1.165, 1.54) is 16.3 Å². The number of benzene rings is 2. The van der Waals surface area contributed by atoms with Crippen LogP contribution in [-0.4, -0.2) is 36.1 Å². The molecule has 0 atom stereocenters. The highest BCUT2D eigenvalue weighted by Crippen LogP contribution is 2.24. The van der Waals surface area contributed by atoms with Gasteiger partial charge in [0.15, 0.2) is 0 Å². The normalized spacial score (nSPS) is 15.5. The van der Waals surface area contributed by atoms with Crippen LogP contribution in [0.3, 0.4) is 0 Å². The first-order valence-corrected chi connectivity index (χ1v) is 10.2. The summed E-state index contributed by atoms with van der Waals surface area (Å²) in [6, 6.07) is 19.0. The topological polar surface area (TPSA) is 19.4 Å². The Labute approximate surface area is 161 Å². The first-order valence-electron chi connectivity index (χ1n) is 8.51. The number of hydrogen-bond acceptors (Lipinski definition) is 4. The molecule has 0 amide bonds. The third-order valence-electron chi connectivity index (χ3n) is 4.53. The van der Waals surface area contributed by atoms with Gasteiger partial charge in [-0.2, -0.15) is 0 Å². The van der Waals surface area contributed by atoms with E-state index in [-0.39, 0.29) is 0 Å². The van der Waals surface area contributed by atoms with Crippen molar-refractivity contribution in [2.75, 3.05) is 31.1 Å². The lowest BCUT2D eigenvalue weighted by molar-refractivity contribution is 0.249. The Morgan fingerprint density at radius 2 is 1.76 bits per heavy atom. The van der Waals surface area contributed by atoms with E-state index in [1.807, 2.05) is 6.07 Å². The smallest absolute Gasteiger partial charge is 0.107 e. The number of thiazole rings is 1. The molecule has 0 bridgehead atoms. The standard InChI is InChI=1S/C20H20BrN3S/c21-17-7-4-8-18(13-17)24-11-9-23(10-12-24)14-20-22-19(15-25-20)16-5-2-1-3-6-16/h1-8,13,15H,9-12,14H2. The first kappa shape index (κ1) is 16.8. The van der Waals surface area contributed by atoms with Gasteiger partial charge in [-0.05, 0) is 18.2 Å². The predicted octanol–water partition coefficient (Wildman–Crippen LogP) is 4.89. The van der Waals surface area contributed by atoms with Crippen molar-refractivity contribution in [1.29, 1.82) is 0 Å². The highest BCUT2D eigenvalue weighted by Gasteiger charge is 2.18. The second-order valence-electron chi connectivity index (χ2n) is 6.24. The lowest BCUT2D eigenvalue weighted by atomic mass is 10.2. The van der Waals surface area contributed by atoms with Crippen LogP contribution in [0.2, 0.25) is 0 Å². The Morgan fingerprint density at radius 1 is 0.960 bits per heavy atom. The fourth-order valence-corrected chi connectivity index (χ4v) is 4.39. The minimum atomic E-state index is 0.948. The van der Waals surface area contributed by atoms with Gasteiger partial charge in [-0.25, -0.2) is 4.98 Å². The van der Waals surface area contributed by atoms with Gasteiger partial charge in [0.25, 0.3) is 0 Å². The van der Waals surface area contributed by atoms with Crippen molar-refractivity contribution in [1.82, 2.24) is 9.88 Å². The van der Waals surface area contributed by atoms with Crippen LogP contribution in [0.1, 0.15) is 5.01 Å². The monoisotopic (exact) mass is 413 g/mol. The molecular weight excluding hydrogens is 394 g/mol. The summed E-state index contributed by atoms with van der Waals surface area (Å²) in [4.78, 5) is 9.78. The van der Waals surface area contributed by atoms with E-state index in [4.69, 9.17) is 4.98 Å². The summed E-state index contributed by atoms with van der Waals surface area (Å²) in [6.07, 6.45) is 0. The fraction of sp³-hybridized carbons (Fsp3) is 0.250. The minimum Gasteiger partial charge on any atom is -0.369 e. The molecule has 1 aromatic heterocycles. The average molecular weight is 414 g/mol. The van der Waals surface area contributed by atoms with E-state index >= 15 is 0 Å². The zero-order valence-electron chi connectivity index (χ0n) is 13.9. The van der Waals surface area contributed by atoms with E-state index < -0.39 is 0 Å². The van der Waals surface area contributed by atoms with Crippen molar-refractivity contribution in [2.24, 2.45) is 0 Å². The molecular formula is C20H20BrN3S. The van der Waals surface area contributed by atoms with E-state index in [1.54, 1.807) is 11.3 Å². The molecule has 0 unspecified atom stereocenters. The highest BCUT2D eigenvalue weighted by molar-refractivity contribution is 9.10. The number of piperazine rings is 1. The number of halogens is 1. The number of aromatic nitrogens is 1. The molecule has 128 valence electrons. The summed E-state index contributed by atoms with van der Waals surface area (Å²) >= 11 is 5.33. The SMILES string of the molecule is Brc1cccc(N2CCN(Cc3nc(-c4ccccc4)cs3)CC2)c1. The lowest BCUT2D eigenvalue weighted by Gasteiger charge is -2.35. The fourth-order valence-electron chi connectivity index (χ4n) is 3.15. The molecule has 4 rings (SSSR count). The maximum atomic E-state index is 4.82. The molecule has 5 heteroatoms. The Bertz CT molecular complexity index is 826. The van der Waals surface area contributed by atoms with Crippen LogP contribution in [-0.2, 0) is 6.54 Å². The minimum absolute atomic E-state index is 0.948. The maximum absolute atomic E-state index is 4.82. The Balaban J connectivity index is 1.35. The Morgan fingerprint density at radius 3 is 2.52 bits per heavy atom. The molecule has 25 heavy (non-hydrogen) atoms. The van der Waals surface area contributed by atoms with E-state index in [0.29, 0.717) is 0 Å². The van der Waals surface area contributed by atoms with E-state index in [0.717, 1.165) is 42.9 Å². The number of nitrogens with zero attached hydrogens (tertiary/aromatic N) is 3. The first-order chi connectivity index (χ1) is 12.3. The van der Waals surface area contributed by atoms with Crippen LogP contribution in [0.25, 0.3) is 11.3 Å². The summed E-state index contributed by atoms with van der Waals surface area (Å²) in [5.74, 6) is 0.